The Morgan fingerprint density at radius 3 is 2.63 bits per heavy atom. The summed E-state index contributed by atoms with van der Waals surface area (Å²) >= 11 is 0. The van der Waals surface area contributed by atoms with Gasteiger partial charge in [0.25, 0.3) is 11.5 Å². The van der Waals surface area contributed by atoms with Gasteiger partial charge >= 0.3 is 6.18 Å². The number of hydrogen-bond acceptors (Lipinski definition) is 5. The molecule has 4 heterocycles. The van der Waals surface area contributed by atoms with Gasteiger partial charge in [-0.2, -0.15) is 18.3 Å². The summed E-state index contributed by atoms with van der Waals surface area (Å²) in [5, 5.41) is 5.73. The van der Waals surface area contributed by atoms with Crippen LogP contribution in [0.25, 0.3) is 21.8 Å². The summed E-state index contributed by atoms with van der Waals surface area (Å²) in [6.07, 6.45) is -1.91. The molecule has 2 saturated heterocycles. The average Bonchev–Trinajstić information content (AvgIpc) is 3.22. The summed E-state index contributed by atoms with van der Waals surface area (Å²) in [6, 6.07) is 3.62. The molecule has 2 aromatic heterocycles. The van der Waals surface area contributed by atoms with Crippen LogP contribution < -0.4 is 5.56 Å². The number of ether oxygens (including phenoxy) is 1. The van der Waals surface area contributed by atoms with Gasteiger partial charge in [0, 0.05) is 49.8 Å². The predicted octanol–water partition coefficient (Wildman–Crippen LogP) is 3.25. The molecule has 188 valence electrons. The lowest BCUT2D eigenvalue weighted by Gasteiger charge is -2.44. The van der Waals surface area contributed by atoms with Crippen LogP contribution in [0.4, 0.5) is 13.2 Å². The third-order valence-electron chi connectivity index (χ3n) is 7.20. The number of carbonyl (C=O) groups is 1. The maximum atomic E-state index is 13.3. The monoisotopic (exact) mass is 491 g/mol. The number of fused-ring (bicyclic) bond motifs is 3. The van der Waals surface area contributed by atoms with Crippen molar-refractivity contribution in [2.45, 2.75) is 44.4 Å². The summed E-state index contributed by atoms with van der Waals surface area (Å²) in [6.45, 7) is 3.74. The second kappa shape index (κ2) is 8.94. The molecule has 1 aromatic carbocycles. The maximum absolute atomic E-state index is 13.3. The zero-order valence-corrected chi connectivity index (χ0v) is 19.7. The molecule has 1 amide bonds. The van der Waals surface area contributed by atoms with E-state index in [0.717, 1.165) is 23.8 Å². The normalized spacial score (nSPS) is 18.1. The molecule has 0 aliphatic carbocycles. The van der Waals surface area contributed by atoms with E-state index < -0.39 is 12.6 Å². The second-order valence-corrected chi connectivity index (χ2v) is 9.57. The molecular weight excluding hydrogens is 463 g/mol. The van der Waals surface area contributed by atoms with Crippen molar-refractivity contribution in [2.24, 2.45) is 0 Å². The molecule has 2 aliphatic rings. The van der Waals surface area contributed by atoms with Gasteiger partial charge in [0.1, 0.15) is 0 Å². The van der Waals surface area contributed by atoms with Crippen LogP contribution in [0.2, 0.25) is 0 Å². The molecule has 0 spiro atoms. The molecular formula is C24H28F3N5O3. The molecule has 0 bridgehead atoms. The van der Waals surface area contributed by atoms with E-state index in [0.29, 0.717) is 48.3 Å². The van der Waals surface area contributed by atoms with Crippen LogP contribution in [0.3, 0.4) is 0 Å². The zero-order chi connectivity index (χ0) is 24.9. The molecule has 2 fully saturated rings. The second-order valence-electron chi connectivity index (χ2n) is 9.57. The summed E-state index contributed by atoms with van der Waals surface area (Å²) in [5.74, 6) is -0.165. The fourth-order valence-electron chi connectivity index (χ4n) is 4.99. The van der Waals surface area contributed by atoms with Crippen molar-refractivity contribution in [3.8, 4) is 0 Å². The summed E-state index contributed by atoms with van der Waals surface area (Å²) in [5.41, 5.74) is 2.36. The Hall–Kier alpha value is -2.92. The first kappa shape index (κ1) is 23.8. The van der Waals surface area contributed by atoms with Crippen molar-refractivity contribution >= 4 is 27.7 Å². The molecule has 0 saturated carbocycles. The number of aromatic amines is 1. The number of carbonyl (C=O) groups excluding carboxylic acids is 1. The number of halogens is 3. The minimum Gasteiger partial charge on any atom is -0.381 e. The smallest absolute Gasteiger partial charge is 0.381 e. The van der Waals surface area contributed by atoms with Crippen molar-refractivity contribution in [2.75, 3.05) is 39.9 Å². The Kier molecular flexibility index (Phi) is 6.08. The standard InChI is InChI=1S/C24H28F3N5O3/c1-14-9-20-18(21-19(22(33)29-20)11-28-32(21)15-3-7-35-8-4-15)10-17(14)23(34)31-12-16(13-31)30(2)6-5-24(25,26)27/h9-11,15-16H,3-8,12-13H2,1-2H3,(H,29,33). The number of nitrogens with zero attached hydrogens (tertiary/aromatic N) is 4. The number of nitrogens with one attached hydrogen (secondary N) is 1. The number of hydrogen-bond donors (Lipinski definition) is 1. The molecule has 3 aromatic rings. The van der Waals surface area contributed by atoms with Gasteiger partial charge < -0.3 is 14.6 Å². The van der Waals surface area contributed by atoms with Crippen LogP contribution in [0.1, 0.15) is 41.2 Å². The van der Waals surface area contributed by atoms with Gasteiger partial charge in [-0.1, -0.05) is 0 Å². The van der Waals surface area contributed by atoms with Crippen LogP contribution in [-0.2, 0) is 4.74 Å². The van der Waals surface area contributed by atoms with E-state index in [-0.39, 0.29) is 30.1 Å². The fraction of sp³-hybridized carbons (Fsp3) is 0.542. The summed E-state index contributed by atoms with van der Waals surface area (Å²) in [7, 11) is 1.66. The minimum atomic E-state index is -4.20. The van der Waals surface area contributed by atoms with E-state index >= 15 is 0 Å². The summed E-state index contributed by atoms with van der Waals surface area (Å²) < 4.78 is 45.0. The van der Waals surface area contributed by atoms with Crippen LogP contribution in [-0.4, -0.2) is 82.6 Å². The van der Waals surface area contributed by atoms with Gasteiger partial charge in [0.2, 0.25) is 0 Å². The Morgan fingerprint density at radius 2 is 1.94 bits per heavy atom. The highest BCUT2D eigenvalue weighted by molar-refractivity contribution is 6.07. The Bertz CT molecular complexity index is 1320. The van der Waals surface area contributed by atoms with E-state index in [1.54, 1.807) is 29.1 Å². The van der Waals surface area contributed by atoms with Crippen molar-refractivity contribution in [1.82, 2.24) is 24.6 Å². The molecule has 0 unspecified atom stereocenters. The van der Waals surface area contributed by atoms with Crippen LogP contribution in [0.5, 0.6) is 0 Å². The molecule has 8 nitrogen and oxygen atoms in total. The summed E-state index contributed by atoms with van der Waals surface area (Å²) in [4.78, 5) is 32.3. The zero-order valence-electron chi connectivity index (χ0n) is 19.7. The molecule has 5 rings (SSSR count). The Morgan fingerprint density at radius 1 is 1.23 bits per heavy atom. The molecule has 1 N–H and O–H groups in total. The third kappa shape index (κ3) is 4.54. The van der Waals surface area contributed by atoms with E-state index in [9.17, 15) is 22.8 Å². The van der Waals surface area contributed by atoms with Gasteiger partial charge in [-0.3, -0.25) is 19.2 Å². The highest BCUT2D eigenvalue weighted by Gasteiger charge is 2.36. The predicted molar refractivity (Wildman–Crippen MR) is 125 cm³/mol. The minimum absolute atomic E-state index is 0.0905. The number of aryl methyl sites for hydroxylation is 1. The first-order valence-electron chi connectivity index (χ1n) is 11.8. The number of aromatic nitrogens is 3. The lowest BCUT2D eigenvalue weighted by molar-refractivity contribution is -0.139. The van der Waals surface area contributed by atoms with Crippen molar-refractivity contribution < 1.29 is 22.7 Å². The van der Waals surface area contributed by atoms with E-state index in [1.807, 2.05) is 17.7 Å². The molecule has 0 atom stereocenters. The first-order valence-corrected chi connectivity index (χ1v) is 11.8. The van der Waals surface area contributed by atoms with Crippen molar-refractivity contribution in [1.29, 1.82) is 0 Å². The quantitative estimate of drug-likeness (QED) is 0.593. The number of likely N-dealkylation sites (tertiary alicyclic amines) is 1. The highest BCUT2D eigenvalue weighted by atomic mass is 19.4. The number of H-pyrrole nitrogens is 1. The third-order valence-corrected chi connectivity index (χ3v) is 7.20. The van der Waals surface area contributed by atoms with Crippen LogP contribution in [0.15, 0.2) is 23.1 Å². The lowest BCUT2D eigenvalue weighted by Crippen LogP contribution is -2.60. The van der Waals surface area contributed by atoms with Crippen molar-refractivity contribution in [3.05, 3.63) is 39.8 Å². The highest BCUT2D eigenvalue weighted by Crippen LogP contribution is 2.31. The van der Waals surface area contributed by atoms with Gasteiger partial charge in [-0.15, -0.1) is 0 Å². The lowest BCUT2D eigenvalue weighted by atomic mass is 9.99. The SMILES string of the molecule is Cc1cc2[nH]c(=O)c3cnn(C4CCOCC4)c3c2cc1C(=O)N1CC(N(C)CCC(F)(F)F)C1. The Balaban J connectivity index is 1.43. The molecule has 11 heteroatoms. The van der Waals surface area contributed by atoms with Crippen molar-refractivity contribution in [3.63, 3.8) is 0 Å². The molecule has 0 radical (unpaired) electrons. The largest absolute Gasteiger partial charge is 0.390 e. The Labute approximate surface area is 199 Å². The number of amides is 1. The van der Waals surface area contributed by atoms with Gasteiger partial charge in [-0.05, 0) is 44.5 Å². The van der Waals surface area contributed by atoms with Gasteiger partial charge in [0.15, 0.2) is 0 Å². The number of likely N-dealkylation sites (N-methyl/N-ethyl adjacent to an activating group) is 1. The average molecular weight is 492 g/mol. The topological polar surface area (TPSA) is 83.5 Å². The fourth-order valence-corrected chi connectivity index (χ4v) is 4.99. The van der Waals surface area contributed by atoms with E-state index in [1.165, 1.54) is 0 Å². The van der Waals surface area contributed by atoms with Crippen LogP contribution in [0, 0.1) is 6.92 Å². The molecule has 35 heavy (non-hydrogen) atoms. The number of alkyl halides is 3. The van der Waals surface area contributed by atoms with Gasteiger partial charge in [0.05, 0.1) is 35.1 Å². The first-order chi connectivity index (χ1) is 16.6. The van der Waals surface area contributed by atoms with E-state index in [4.69, 9.17) is 4.74 Å². The molecule has 2 aliphatic heterocycles. The number of pyridine rings is 1. The number of rotatable bonds is 5. The maximum Gasteiger partial charge on any atom is 0.390 e. The van der Waals surface area contributed by atoms with Crippen LogP contribution >= 0.6 is 0 Å². The van der Waals surface area contributed by atoms with E-state index in [2.05, 4.69) is 10.1 Å². The number of benzene rings is 1. The van der Waals surface area contributed by atoms with Gasteiger partial charge in [-0.25, -0.2) is 0 Å².